The van der Waals surface area contributed by atoms with Crippen LogP contribution in [0.4, 0.5) is 5.95 Å². The number of piperidine rings is 1. The Kier molecular flexibility index (Phi) is 3.19. The number of amides is 1. The second kappa shape index (κ2) is 4.78. The minimum absolute atomic E-state index is 0.0506. The maximum atomic E-state index is 11.0. The second-order valence-electron chi connectivity index (χ2n) is 4.02. The first-order valence-electron chi connectivity index (χ1n) is 5.48. The minimum atomic E-state index is -0.239. The number of nitrogens with two attached hydrogens (primary N) is 1. The highest BCUT2D eigenvalue weighted by Crippen LogP contribution is 2.20. The number of rotatable bonds is 2. The smallest absolute Gasteiger partial charge is 0.226 e. The summed E-state index contributed by atoms with van der Waals surface area (Å²) in [4.78, 5) is 21.3. The Balaban J connectivity index is 2.05. The van der Waals surface area contributed by atoms with Gasteiger partial charge in [0.25, 0.3) is 0 Å². The van der Waals surface area contributed by atoms with E-state index in [1.165, 1.54) is 0 Å². The van der Waals surface area contributed by atoms with Gasteiger partial charge in [-0.1, -0.05) is 0 Å². The lowest BCUT2D eigenvalue weighted by atomic mass is 9.96. The number of hydrogen-bond donors (Lipinski definition) is 1. The van der Waals surface area contributed by atoms with Gasteiger partial charge in [-0.15, -0.1) is 0 Å². The lowest BCUT2D eigenvalue weighted by Gasteiger charge is -2.30. The van der Waals surface area contributed by atoms with Gasteiger partial charge in [0.05, 0.1) is 0 Å². The highest BCUT2D eigenvalue weighted by atomic mass is 16.1. The average Bonchev–Trinajstić information content (AvgIpc) is 2.39. The van der Waals surface area contributed by atoms with E-state index in [2.05, 4.69) is 9.97 Å². The van der Waals surface area contributed by atoms with Gasteiger partial charge in [0.15, 0.2) is 0 Å². The van der Waals surface area contributed by atoms with Crippen LogP contribution >= 0.6 is 0 Å². The van der Waals surface area contributed by atoms with Gasteiger partial charge >= 0.3 is 0 Å². The number of primary amides is 1. The van der Waals surface area contributed by atoms with E-state index in [0.717, 1.165) is 12.8 Å². The fraction of sp³-hybridized carbons (Fsp3) is 0.455. The quantitative estimate of drug-likeness (QED) is 0.775. The summed E-state index contributed by atoms with van der Waals surface area (Å²) < 4.78 is 0. The van der Waals surface area contributed by atoms with Crippen LogP contribution in [0.2, 0.25) is 0 Å². The summed E-state index contributed by atoms with van der Waals surface area (Å²) in [5.74, 6) is 0.258. The molecule has 1 aromatic heterocycles. The molecule has 0 bridgehead atoms. The van der Waals surface area contributed by atoms with Crippen molar-refractivity contribution in [2.45, 2.75) is 12.8 Å². The summed E-state index contributed by atoms with van der Waals surface area (Å²) in [7, 11) is 0. The van der Waals surface area contributed by atoms with E-state index in [-0.39, 0.29) is 11.8 Å². The van der Waals surface area contributed by atoms with Crippen LogP contribution in [-0.4, -0.2) is 29.0 Å². The van der Waals surface area contributed by atoms with Crippen LogP contribution in [0.15, 0.2) is 12.3 Å². The van der Waals surface area contributed by atoms with Crippen molar-refractivity contribution in [2.75, 3.05) is 18.0 Å². The molecule has 0 radical (unpaired) electrons. The largest absolute Gasteiger partial charge is 0.369 e. The topological polar surface area (TPSA) is 95.9 Å². The van der Waals surface area contributed by atoms with Crippen molar-refractivity contribution in [3.05, 3.63) is 18.0 Å². The number of carbonyl (C=O) groups excluding carboxylic acids is 1. The van der Waals surface area contributed by atoms with E-state index < -0.39 is 0 Å². The highest BCUT2D eigenvalue weighted by Gasteiger charge is 2.24. The van der Waals surface area contributed by atoms with Gasteiger partial charge in [-0.3, -0.25) is 4.79 Å². The monoisotopic (exact) mass is 231 g/mol. The van der Waals surface area contributed by atoms with E-state index >= 15 is 0 Å². The summed E-state index contributed by atoms with van der Waals surface area (Å²) in [5, 5.41) is 8.76. The maximum absolute atomic E-state index is 11.0. The van der Waals surface area contributed by atoms with Crippen LogP contribution in [-0.2, 0) is 4.79 Å². The van der Waals surface area contributed by atoms with Gasteiger partial charge in [-0.05, 0) is 18.9 Å². The third kappa shape index (κ3) is 2.50. The van der Waals surface area contributed by atoms with E-state index in [1.54, 1.807) is 12.3 Å². The third-order valence-corrected chi connectivity index (χ3v) is 2.94. The molecule has 2 rings (SSSR count). The van der Waals surface area contributed by atoms with Crippen molar-refractivity contribution in [2.24, 2.45) is 11.7 Å². The second-order valence-corrected chi connectivity index (χ2v) is 4.02. The predicted molar refractivity (Wildman–Crippen MR) is 60.9 cm³/mol. The summed E-state index contributed by atoms with van der Waals surface area (Å²) in [6.45, 7) is 1.39. The Morgan fingerprint density at radius 2 is 2.24 bits per heavy atom. The number of hydrogen-bond acceptors (Lipinski definition) is 5. The zero-order valence-electron chi connectivity index (χ0n) is 9.33. The van der Waals surface area contributed by atoms with Crippen LogP contribution in [0.3, 0.4) is 0 Å². The molecule has 0 atom stereocenters. The Bertz CT molecular complexity index is 459. The molecule has 6 nitrogen and oxygen atoms in total. The first-order chi connectivity index (χ1) is 8.20. The van der Waals surface area contributed by atoms with Gasteiger partial charge in [0.1, 0.15) is 11.8 Å². The van der Waals surface area contributed by atoms with Crippen LogP contribution in [0.5, 0.6) is 0 Å². The van der Waals surface area contributed by atoms with E-state index in [1.807, 2.05) is 11.0 Å². The molecule has 17 heavy (non-hydrogen) atoms. The van der Waals surface area contributed by atoms with Crippen molar-refractivity contribution >= 4 is 11.9 Å². The highest BCUT2D eigenvalue weighted by molar-refractivity contribution is 5.76. The molecule has 0 unspecified atom stereocenters. The Morgan fingerprint density at radius 3 is 2.82 bits per heavy atom. The molecule has 0 aliphatic carbocycles. The summed E-state index contributed by atoms with van der Waals surface area (Å²) in [5.41, 5.74) is 5.62. The SMILES string of the molecule is N#Cc1ccnc(N2CCC(C(N)=O)CC2)n1. The Labute approximate surface area is 99.1 Å². The van der Waals surface area contributed by atoms with Crippen LogP contribution in [0, 0.1) is 17.2 Å². The molecular formula is C11H13N5O. The first-order valence-corrected chi connectivity index (χ1v) is 5.48. The van der Waals surface area contributed by atoms with E-state index in [0.29, 0.717) is 24.7 Å². The van der Waals surface area contributed by atoms with E-state index in [9.17, 15) is 4.79 Å². The van der Waals surface area contributed by atoms with Crippen molar-refractivity contribution < 1.29 is 4.79 Å². The number of anilines is 1. The predicted octanol–water partition coefficient (Wildman–Crippen LogP) is 0.0500. The summed E-state index contributed by atoms with van der Waals surface area (Å²) >= 11 is 0. The minimum Gasteiger partial charge on any atom is -0.369 e. The molecule has 88 valence electrons. The molecule has 2 N–H and O–H groups in total. The van der Waals surface area contributed by atoms with Crippen molar-refractivity contribution in [3.63, 3.8) is 0 Å². The first kappa shape index (κ1) is 11.3. The van der Waals surface area contributed by atoms with Gasteiger partial charge in [0.2, 0.25) is 11.9 Å². The molecule has 0 spiro atoms. The molecule has 1 saturated heterocycles. The van der Waals surface area contributed by atoms with Crippen molar-refractivity contribution in [1.29, 1.82) is 5.26 Å². The average molecular weight is 231 g/mol. The number of nitriles is 1. The lowest BCUT2D eigenvalue weighted by Crippen LogP contribution is -2.39. The fourth-order valence-electron chi connectivity index (χ4n) is 1.93. The molecule has 6 heteroatoms. The normalized spacial score (nSPS) is 16.5. The van der Waals surface area contributed by atoms with Crippen molar-refractivity contribution in [3.8, 4) is 6.07 Å². The molecule has 1 aromatic rings. The third-order valence-electron chi connectivity index (χ3n) is 2.94. The molecule has 1 fully saturated rings. The number of carbonyl (C=O) groups is 1. The van der Waals surface area contributed by atoms with Crippen molar-refractivity contribution in [1.82, 2.24) is 9.97 Å². The molecule has 2 heterocycles. The van der Waals surface area contributed by atoms with Crippen LogP contribution in [0.25, 0.3) is 0 Å². The summed E-state index contributed by atoms with van der Waals surface area (Å²) in [6.07, 6.45) is 3.01. The zero-order chi connectivity index (χ0) is 12.3. The number of aromatic nitrogens is 2. The molecule has 0 saturated carbocycles. The standard InChI is InChI=1S/C11H13N5O/c12-7-9-1-4-14-11(15-9)16-5-2-8(3-6-16)10(13)17/h1,4,8H,2-3,5-6H2,(H2,13,17). The van der Waals surface area contributed by atoms with Gasteiger partial charge in [-0.25, -0.2) is 9.97 Å². The fourth-order valence-corrected chi connectivity index (χ4v) is 1.93. The molecule has 0 aromatic carbocycles. The zero-order valence-corrected chi connectivity index (χ0v) is 9.33. The molecule has 1 aliphatic rings. The Morgan fingerprint density at radius 1 is 1.53 bits per heavy atom. The maximum Gasteiger partial charge on any atom is 0.226 e. The number of nitrogens with zero attached hydrogens (tertiary/aromatic N) is 4. The van der Waals surface area contributed by atoms with Crippen LogP contribution < -0.4 is 10.6 Å². The molecule has 1 amide bonds. The van der Waals surface area contributed by atoms with Gasteiger partial charge < -0.3 is 10.6 Å². The Hall–Kier alpha value is -2.16. The van der Waals surface area contributed by atoms with Gasteiger partial charge in [-0.2, -0.15) is 5.26 Å². The lowest BCUT2D eigenvalue weighted by molar-refractivity contribution is -0.122. The summed E-state index contributed by atoms with van der Waals surface area (Å²) in [6, 6.07) is 3.55. The van der Waals surface area contributed by atoms with Gasteiger partial charge in [0, 0.05) is 25.2 Å². The molecule has 1 aliphatic heterocycles. The van der Waals surface area contributed by atoms with E-state index in [4.69, 9.17) is 11.0 Å². The van der Waals surface area contributed by atoms with Crippen LogP contribution in [0.1, 0.15) is 18.5 Å². The molecular weight excluding hydrogens is 218 g/mol.